The minimum Gasteiger partial charge on any atom is -0.310 e. The summed E-state index contributed by atoms with van der Waals surface area (Å²) >= 11 is 0. The third-order valence-corrected chi connectivity index (χ3v) is 3.34. The molecule has 1 aromatic carbocycles. The van der Waals surface area contributed by atoms with E-state index in [1.807, 2.05) is 30.3 Å². The van der Waals surface area contributed by atoms with Crippen molar-refractivity contribution in [3.05, 3.63) is 53.5 Å². The van der Waals surface area contributed by atoms with Gasteiger partial charge in [-0.25, -0.2) is 9.97 Å². The van der Waals surface area contributed by atoms with Crippen LogP contribution in [0.5, 0.6) is 0 Å². The molecule has 0 aliphatic heterocycles. The summed E-state index contributed by atoms with van der Waals surface area (Å²) in [5.74, 6) is 0.655. The van der Waals surface area contributed by atoms with Crippen molar-refractivity contribution in [1.29, 1.82) is 0 Å². The fourth-order valence-corrected chi connectivity index (χ4v) is 2.42. The molecule has 0 saturated heterocycles. The van der Waals surface area contributed by atoms with Crippen molar-refractivity contribution >= 4 is 11.7 Å². The van der Waals surface area contributed by atoms with Gasteiger partial charge in [-0.1, -0.05) is 30.3 Å². The minimum absolute atomic E-state index is 0.0287. The molecule has 1 N–H and O–H groups in total. The topological polar surface area (TPSA) is 54.9 Å². The van der Waals surface area contributed by atoms with Crippen molar-refractivity contribution in [2.45, 2.75) is 25.7 Å². The molecular formula is C15H15N3O. The Hall–Kier alpha value is -2.23. The predicted octanol–water partition coefficient (Wildman–Crippen LogP) is 2.15. The monoisotopic (exact) mass is 253 g/mol. The Morgan fingerprint density at radius 2 is 2.00 bits per heavy atom. The summed E-state index contributed by atoms with van der Waals surface area (Å²) < 4.78 is 0. The zero-order valence-corrected chi connectivity index (χ0v) is 10.6. The summed E-state index contributed by atoms with van der Waals surface area (Å²) in [6.07, 6.45) is 4.94. The number of nitrogens with zero attached hydrogens (tertiary/aromatic N) is 2. The van der Waals surface area contributed by atoms with Gasteiger partial charge in [0.05, 0.1) is 6.42 Å². The lowest BCUT2D eigenvalue weighted by molar-refractivity contribution is -0.115. The van der Waals surface area contributed by atoms with Gasteiger partial charge in [-0.05, 0) is 24.8 Å². The maximum absolute atomic E-state index is 12.0. The average molecular weight is 253 g/mol. The highest BCUT2D eigenvalue weighted by Crippen LogP contribution is 2.25. The number of aryl methyl sites for hydroxylation is 1. The first-order chi connectivity index (χ1) is 9.33. The van der Waals surface area contributed by atoms with Gasteiger partial charge < -0.3 is 5.32 Å². The van der Waals surface area contributed by atoms with Crippen LogP contribution in [-0.4, -0.2) is 15.9 Å². The molecule has 4 nitrogen and oxygen atoms in total. The number of rotatable bonds is 3. The Bertz CT molecular complexity index is 596. The summed E-state index contributed by atoms with van der Waals surface area (Å²) in [5, 5.41) is 2.90. The van der Waals surface area contributed by atoms with E-state index in [4.69, 9.17) is 0 Å². The van der Waals surface area contributed by atoms with E-state index in [-0.39, 0.29) is 5.91 Å². The van der Waals surface area contributed by atoms with E-state index in [0.29, 0.717) is 12.2 Å². The number of carbonyl (C=O) groups is 1. The first-order valence-electron chi connectivity index (χ1n) is 6.49. The molecule has 0 atom stereocenters. The molecule has 1 aromatic heterocycles. The fourth-order valence-electron chi connectivity index (χ4n) is 2.42. The molecule has 0 saturated carbocycles. The summed E-state index contributed by atoms with van der Waals surface area (Å²) in [6, 6.07) is 9.71. The molecule has 0 unspecified atom stereocenters. The number of anilines is 1. The highest BCUT2D eigenvalue weighted by Gasteiger charge is 2.18. The summed E-state index contributed by atoms with van der Waals surface area (Å²) in [4.78, 5) is 20.4. The molecule has 0 fully saturated rings. The molecule has 1 aliphatic carbocycles. The predicted molar refractivity (Wildman–Crippen MR) is 72.8 cm³/mol. The van der Waals surface area contributed by atoms with Gasteiger partial charge in [0, 0.05) is 11.3 Å². The van der Waals surface area contributed by atoms with Crippen molar-refractivity contribution in [3.8, 4) is 0 Å². The largest absolute Gasteiger partial charge is 0.310 e. The molecule has 0 radical (unpaired) electrons. The summed E-state index contributed by atoms with van der Waals surface area (Å²) in [7, 11) is 0. The third-order valence-electron chi connectivity index (χ3n) is 3.34. The lowest BCUT2D eigenvalue weighted by Gasteiger charge is -2.08. The van der Waals surface area contributed by atoms with Crippen LogP contribution in [0.3, 0.4) is 0 Å². The smallest absolute Gasteiger partial charge is 0.229 e. The number of carbonyl (C=O) groups excluding carboxylic acids is 1. The van der Waals surface area contributed by atoms with Crippen LogP contribution < -0.4 is 5.32 Å². The van der Waals surface area contributed by atoms with E-state index in [2.05, 4.69) is 15.3 Å². The molecule has 2 aromatic rings. The molecule has 1 amide bonds. The molecule has 0 bridgehead atoms. The lowest BCUT2D eigenvalue weighted by atomic mass is 10.1. The highest BCUT2D eigenvalue weighted by atomic mass is 16.1. The molecule has 96 valence electrons. The fraction of sp³-hybridized carbons (Fsp3) is 0.267. The number of hydrogen-bond donors (Lipinski definition) is 1. The van der Waals surface area contributed by atoms with Gasteiger partial charge >= 0.3 is 0 Å². The summed E-state index contributed by atoms with van der Waals surface area (Å²) in [5.41, 5.74) is 3.18. The number of fused-ring (bicyclic) bond motifs is 1. The second kappa shape index (κ2) is 5.18. The van der Waals surface area contributed by atoms with Crippen LogP contribution in [-0.2, 0) is 24.1 Å². The van der Waals surface area contributed by atoms with Crippen LogP contribution in [0.4, 0.5) is 5.82 Å². The Labute approximate surface area is 111 Å². The van der Waals surface area contributed by atoms with Crippen LogP contribution in [0.2, 0.25) is 0 Å². The van der Waals surface area contributed by atoms with E-state index in [9.17, 15) is 4.79 Å². The standard InChI is InChI=1S/C15H15N3O/c19-14(9-11-5-2-1-3-6-11)18-15-12-7-4-8-13(12)16-10-17-15/h1-3,5-6,10H,4,7-9H2,(H,16,17,18,19). The maximum Gasteiger partial charge on any atom is 0.229 e. The van der Waals surface area contributed by atoms with Crippen LogP contribution in [0.15, 0.2) is 36.7 Å². The maximum atomic E-state index is 12.0. The van der Waals surface area contributed by atoms with Crippen molar-refractivity contribution in [1.82, 2.24) is 9.97 Å². The van der Waals surface area contributed by atoms with Crippen molar-refractivity contribution in [3.63, 3.8) is 0 Å². The molecule has 4 heteroatoms. The molecular weight excluding hydrogens is 238 g/mol. The first kappa shape index (κ1) is 11.8. The van der Waals surface area contributed by atoms with Gasteiger partial charge in [-0.15, -0.1) is 0 Å². The van der Waals surface area contributed by atoms with Crippen LogP contribution in [0.1, 0.15) is 23.2 Å². The Morgan fingerprint density at radius 3 is 2.84 bits per heavy atom. The minimum atomic E-state index is -0.0287. The van der Waals surface area contributed by atoms with E-state index < -0.39 is 0 Å². The van der Waals surface area contributed by atoms with E-state index >= 15 is 0 Å². The molecule has 1 aliphatic rings. The quantitative estimate of drug-likeness (QED) is 0.911. The second-order valence-electron chi connectivity index (χ2n) is 4.71. The Balaban J connectivity index is 1.72. The SMILES string of the molecule is O=C(Cc1ccccc1)Nc1ncnc2c1CCC2. The van der Waals surface area contributed by atoms with Gasteiger partial charge in [-0.2, -0.15) is 0 Å². The third kappa shape index (κ3) is 2.62. The normalized spacial score (nSPS) is 13.1. The van der Waals surface area contributed by atoms with Gasteiger partial charge in [0.2, 0.25) is 5.91 Å². The van der Waals surface area contributed by atoms with E-state index in [0.717, 1.165) is 36.1 Å². The Kier molecular flexibility index (Phi) is 3.23. The van der Waals surface area contributed by atoms with Gasteiger partial charge in [-0.3, -0.25) is 4.79 Å². The van der Waals surface area contributed by atoms with Gasteiger partial charge in [0.1, 0.15) is 12.1 Å². The van der Waals surface area contributed by atoms with Gasteiger partial charge in [0.15, 0.2) is 0 Å². The second-order valence-corrected chi connectivity index (χ2v) is 4.71. The number of benzene rings is 1. The zero-order chi connectivity index (χ0) is 13.1. The van der Waals surface area contributed by atoms with E-state index in [1.165, 1.54) is 6.33 Å². The number of aromatic nitrogens is 2. The van der Waals surface area contributed by atoms with Crippen molar-refractivity contribution < 1.29 is 4.79 Å². The highest BCUT2D eigenvalue weighted by molar-refractivity contribution is 5.92. The Morgan fingerprint density at radius 1 is 1.16 bits per heavy atom. The molecule has 3 rings (SSSR count). The molecule has 0 spiro atoms. The van der Waals surface area contributed by atoms with Crippen LogP contribution in [0.25, 0.3) is 0 Å². The van der Waals surface area contributed by atoms with Crippen molar-refractivity contribution in [2.24, 2.45) is 0 Å². The lowest BCUT2D eigenvalue weighted by Crippen LogP contribution is -2.17. The van der Waals surface area contributed by atoms with Crippen molar-refractivity contribution in [2.75, 3.05) is 5.32 Å². The van der Waals surface area contributed by atoms with E-state index in [1.54, 1.807) is 0 Å². The number of nitrogens with one attached hydrogen (secondary N) is 1. The summed E-state index contributed by atoms with van der Waals surface area (Å²) in [6.45, 7) is 0. The van der Waals surface area contributed by atoms with Crippen LogP contribution >= 0.6 is 0 Å². The number of hydrogen-bond acceptors (Lipinski definition) is 3. The first-order valence-corrected chi connectivity index (χ1v) is 6.49. The molecule has 19 heavy (non-hydrogen) atoms. The van der Waals surface area contributed by atoms with Crippen LogP contribution in [0, 0.1) is 0 Å². The average Bonchev–Trinajstić information content (AvgIpc) is 2.89. The zero-order valence-electron chi connectivity index (χ0n) is 10.6. The molecule has 1 heterocycles. The number of amides is 1. The van der Waals surface area contributed by atoms with Gasteiger partial charge in [0.25, 0.3) is 0 Å².